The largest absolute Gasteiger partial charge is 0.472 e. The lowest BCUT2D eigenvalue weighted by Crippen LogP contribution is -2.46. The zero-order valence-corrected chi connectivity index (χ0v) is 16.7. The second-order valence-electron chi connectivity index (χ2n) is 7.55. The number of hydrogen-bond acceptors (Lipinski definition) is 3. The van der Waals surface area contributed by atoms with E-state index in [0.717, 1.165) is 29.9 Å². The van der Waals surface area contributed by atoms with Crippen molar-refractivity contribution in [3.05, 3.63) is 77.5 Å². The summed E-state index contributed by atoms with van der Waals surface area (Å²) in [7, 11) is 0. The highest BCUT2D eigenvalue weighted by Gasteiger charge is 2.25. The first-order valence-electron chi connectivity index (χ1n) is 9.90. The molecule has 2 amide bonds. The fourth-order valence-electron chi connectivity index (χ4n) is 3.90. The van der Waals surface area contributed by atoms with Gasteiger partial charge >= 0.3 is 0 Å². The van der Waals surface area contributed by atoms with Crippen LogP contribution in [0.15, 0.2) is 59.4 Å². The van der Waals surface area contributed by atoms with Gasteiger partial charge in [-0.1, -0.05) is 0 Å². The van der Waals surface area contributed by atoms with Crippen LogP contribution in [-0.4, -0.2) is 40.4 Å². The molecule has 6 heteroatoms. The number of carbonyl (C=O) groups is 2. The van der Waals surface area contributed by atoms with Gasteiger partial charge in [-0.05, 0) is 69.2 Å². The SMILES string of the molecule is Cc1ccc(C)n1-c1ccc(C(=O)NC2CCN(C(=O)c3ccoc3)CC2)cc1. The fraction of sp³-hybridized carbons (Fsp3) is 0.304. The number of furan rings is 1. The van der Waals surface area contributed by atoms with E-state index in [1.807, 2.05) is 29.2 Å². The molecule has 0 aliphatic carbocycles. The number of nitrogens with zero attached hydrogens (tertiary/aromatic N) is 2. The highest BCUT2D eigenvalue weighted by molar-refractivity contribution is 5.95. The zero-order valence-electron chi connectivity index (χ0n) is 16.7. The second-order valence-corrected chi connectivity index (χ2v) is 7.55. The average Bonchev–Trinajstić information content (AvgIpc) is 3.38. The molecule has 1 fully saturated rings. The van der Waals surface area contributed by atoms with Gasteiger partial charge in [-0.3, -0.25) is 9.59 Å². The van der Waals surface area contributed by atoms with Gasteiger partial charge in [0.15, 0.2) is 0 Å². The number of amides is 2. The summed E-state index contributed by atoms with van der Waals surface area (Å²) in [6, 6.07) is 13.6. The summed E-state index contributed by atoms with van der Waals surface area (Å²) in [6.45, 7) is 5.38. The van der Waals surface area contributed by atoms with Crippen LogP contribution in [0.4, 0.5) is 0 Å². The van der Waals surface area contributed by atoms with Gasteiger partial charge in [0.1, 0.15) is 6.26 Å². The minimum atomic E-state index is -0.0721. The molecule has 0 unspecified atom stereocenters. The average molecular weight is 391 g/mol. The van der Waals surface area contributed by atoms with Crippen molar-refractivity contribution in [1.82, 2.24) is 14.8 Å². The molecular formula is C23H25N3O3. The number of nitrogens with one attached hydrogen (secondary N) is 1. The number of benzene rings is 1. The molecule has 0 bridgehead atoms. The summed E-state index contributed by atoms with van der Waals surface area (Å²) < 4.78 is 7.15. The van der Waals surface area contributed by atoms with Crippen LogP contribution < -0.4 is 5.32 Å². The summed E-state index contributed by atoms with van der Waals surface area (Å²) >= 11 is 0. The molecule has 3 aromatic rings. The summed E-state index contributed by atoms with van der Waals surface area (Å²) in [5, 5.41) is 3.10. The molecule has 0 atom stereocenters. The fourth-order valence-corrected chi connectivity index (χ4v) is 3.90. The van der Waals surface area contributed by atoms with Gasteiger partial charge in [0.05, 0.1) is 11.8 Å². The van der Waals surface area contributed by atoms with Crippen molar-refractivity contribution in [2.45, 2.75) is 32.7 Å². The van der Waals surface area contributed by atoms with E-state index in [0.29, 0.717) is 24.2 Å². The molecule has 150 valence electrons. The van der Waals surface area contributed by atoms with Gasteiger partial charge in [0.2, 0.25) is 0 Å². The van der Waals surface area contributed by atoms with Gasteiger partial charge < -0.3 is 19.2 Å². The minimum Gasteiger partial charge on any atom is -0.472 e. The number of aromatic nitrogens is 1. The van der Waals surface area contributed by atoms with Crippen LogP contribution in [0.25, 0.3) is 5.69 Å². The number of rotatable bonds is 4. The predicted molar refractivity (Wildman–Crippen MR) is 110 cm³/mol. The Morgan fingerprint density at radius 1 is 0.931 bits per heavy atom. The number of carbonyl (C=O) groups excluding carboxylic acids is 2. The van der Waals surface area contributed by atoms with E-state index in [4.69, 9.17) is 4.42 Å². The zero-order chi connectivity index (χ0) is 20.4. The Kier molecular flexibility index (Phi) is 5.25. The van der Waals surface area contributed by atoms with Crippen LogP contribution in [0.5, 0.6) is 0 Å². The van der Waals surface area contributed by atoms with Crippen LogP contribution in [0, 0.1) is 13.8 Å². The maximum absolute atomic E-state index is 12.6. The molecule has 6 nitrogen and oxygen atoms in total. The molecule has 29 heavy (non-hydrogen) atoms. The molecule has 1 saturated heterocycles. The number of hydrogen-bond donors (Lipinski definition) is 1. The molecule has 0 saturated carbocycles. The molecule has 1 aliphatic heterocycles. The van der Waals surface area contributed by atoms with Gasteiger partial charge in [0.25, 0.3) is 11.8 Å². The Balaban J connectivity index is 1.34. The van der Waals surface area contributed by atoms with Crippen LogP contribution in [0.2, 0.25) is 0 Å². The van der Waals surface area contributed by atoms with E-state index in [1.54, 1.807) is 6.07 Å². The third-order valence-corrected chi connectivity index (χ3v) is 5.54. The van der Waals surface area contributed by atoms with E-state index in [1.165, 1.54) is 12.5 Å². The van der Waals surface area contributed by atoms with Crippen molar-refractivity contribution >= 4 is 11.8 Å². The lowest BCUT2D eigenvalue weighted by Gasteiger charge is -2.32. The molecule has 2 aromatic heterocycles. The van der Waals surface area contributed by atoms with Crippen molar-refractivity contribution in [2.24, 2.45) is 0 Å². The van der Waals surface area contributed by atoms with Crippen molar-refractivity contribution in [3.63, 3.8) is 0 Å². The van der Waals surface area contributed by atoms with Crippen LogP contribution in [-0.2, 0) is 0 Å². The Morgan fingerprint density at radius 2 is 1.59 bits per heavy atom. The maximum atomic E-state index is 12.6. The molecule has 1 N–H and O–H groups in total. The Morgan fingerprint density at radius 3 is 2.17 bits per heavy atom. The van der Waals surface area contributed by atoms with E-state index in [9.17, 15) is 9.59 Å². The van der Waals surface area contributed by atoms with Crippen LogP contribution >= 0.6 is 0 Å². The monoisotopic (exact) mass is 391 g/mol. The molecule has 0 spiro atoms. The smallest absolute Gasteiger partial charge is 0.257 e. The third-order valence-electron chi connectivity index (χ3n) is 5.54. The lowest BCUT2D eigenvalue weighted by atomic mass is 10.0. The maximum Gasteiger partial charge on any atom is 0.257 e. The Labute approximate surface area is 170 Å². The molecular weight excluding hydrogens is 366 g/mol. The standard InChI is InChI=1S/C23H25N3O3/c1-16-3-4-17(2)26(16)21-7-5-18(6-8-21)22(27)24-20-9-12-25(13-10-20)23(28)19-11-14-29-15-19/h3-8,11,14-15,20H,9-10,12-13H2,1-2H3,(H,24,27). The predicted octanol–water partition coefficient (Wildman–Crippen LogP) is 3.72. The Hall–Kier alpha value is -3.28. The molecule has 1 aromatic carbocycles. The lowest BCUT2D eigenvalue weighted by molar-refractivity contribution is 0.0697. The molecule has 4 rings (SSSR count). The van der Waals surface area contributed by atoms with Gasteiger partial charge in [0, 0.05) is 41.8 Å². The number of aryl methyl sites for hydroxylation is 2. The first-order chi connectivity index (χ1) is 14.0. The summed E-state index contributed by atoms with van der Waals surface area (Å²) in [5.41, 5.74) is 4.59. The van der Waals surface area contributed by atoms with Gasteiger partial charge in [-0.15, -0.1) is 0 Å². The first-order valence-corrected chi connectivity index (χ1v) is 9.90. The summed E-state index contributed by atoms with van der Waals surface area (Å²) in [4.78, 5) is 26.8. The van der Waals surface area contributed by atoms with Crippen molar-refractivity contribution in [3.8, 4) is 5.69 Å². The van der Waals surface area contributed by atoms with Crippen LogP contribution in [0.3, 0.4) is 0 Å². The summed E-state index contributed by atoms with van der Waals surface area (Å²) in [6.07, 6.45) is 4.46. The van der Waals surface area contributed by atoms with Gasteiger partial charge in [-0.25, -0.2) is 0 Å². The van der Waals surface area contributed by atoms with E-state index < -0.39 is 0 Å². The highest BCUT2D eigenvalue weighted by atomic mass is 16.3. The van der Waals surface area contributed by atoms with Crippen molar-refractivity contribution in [1.29, 1.82) is 0 Å². The van der Waals surface area contributed by atoms with Gasteiger partial charge in [-0.2, -0.15) is 0 Å². The first kappa shape index (κ1) is 19.1. The van der Waals surface area contributed by atoms with E-state index >= 15 is 0 Å². The Bertz CT molecular complexity index is 975. The van der Waals surface area contributed by atoms with Crippen molar-refractivity contribution < 1.29 is 14.0 Å². The van der Waals surface area contributed by atoms with Crippen LogP contribution in [0.1, 0.15) is 44.9 Å². The van der Waals surface area contributed by atoms with E-state index in [2.05, 4.69) is 35.9 Å². The van der Waals surface area contributed by atoms with Crippen molar-refractivity contribution in [2.75, 3.05) is 13.1 Å². The van der Waals surface area contributed by atoms with E-state index in [-0.39, 0.29) is 17.9 Å². The number of piperidine rings is 1. The third kappa shape index (κ3) is 3.97. The number of likely N-dealkylation sites (tertiary alicyclic amines) is 1. The minimum absolute atomic E-state index is 0.0188. The highest BCUT2D eigenvalue weighted by Crippen LogP contribution is 2.18. The second kappa shape index (κ2) is 7.99. The quantitative estimate of drug-likeness (QED) is 0.737. The molecule has 1 aliphatic rings. The summed E-state index contributed by atoms with van der Waals surface area (Å²) in [5.74, 6) is -0.0909. The molecule has 3 heterocycles. The molecule has 0 radical (unpaired) electrons. The normalized spacial score (nSPS) is 14.8. The topological polar surface area (TPSA) is 67.5 Å².